The van der Waals surface area contributed by atoms with E-state index in [9.17, 15) is 0 Å². The van der Waals surface area contributed by atoms with E-state index in [-0.39, 0.29) is 0 Å². The molecular formula is C36H70. The largest absolute Gasteiger partial charge is 0.0683 e. The first-order valence-electron chi connectivity index (χ1n) is 17.7. The topological polar surface area (TPSA) is 0 Å². The predicted molar refractivity (Wildman–Crippen MR) is 164 cm³/mol. The molecule has 2 atom stereocenters. The maximum Gasteiger partial charge on any atom is -0.0383 e. The third-order valence-electron chi connectivity index (χ3n) is 10.6. The molecule has 0 aliphatic heterocycles. The van der Waals surface area contributed by atoms with Crippen molar-refractivity contribution in [2.24, 2.45) is 35.5 Å². The summed E-state index contributed by atoms with van der Waals surface area (Å²) in [6.45, 7) is 9.00. The van der Waals surface area contributed by atoms with Crippen LogP contribution in [0, 0.1) is 35.5 Å². The van der Waals surface area contributed by atoms with Crippen LogP contribution < -0.4 is 0 Å². The maximum absolute atomic E-state index is 2.61. The standard InChI is InChI=1S/C25H46.C9H18.C2H6/c1-21-19-24(22-13-8-4-2-5-9-14-22)17-12-18-25(20-21)23-15-10-6-3-7-11-16-23;1-9-7-5-3-2-4-6-8-9;1-2/h21-25H,2-20H2,1H3;9H,2-8H2,1H3;1-2H3. The van der Waals surface area contributed by atoms with Crippen molar-refractivity contribution in [3.8, 4) is 0 Å². The molecule has 4 aliphatic carbocycles. The molecule has 4 rings (SSSR count). The van der Waals surface area contributed by atoms with Crippen LogP contribution in [0.5, 0.6) is 0 Å². The molecule has 0 saturated heterocycles. The highest BCUT2D eigenvalue weighted by Crippen LogP contribution is 2.42. The summed E-state index contributed by atoms with van der Waals surface area (Å²) in [5, 5.41) is 0. The fourth-order valence-electron chi connectivity index (χ4n) is 8.44. The van der Waals surface area contributed by atoms with E-state index >= 15 is 0 Å². The Balaban J connectivity index is 0.000000347. The van der Waals surface area contributed by atoms with Gasteiger partial charge in [-0.05, 0) is 48.3 Å². The van der Waals surface area contributed by atoms with Crippen LogP contribution in [0.2, 0.25) is 0 Å². The summed E-state index contributed by atoms with van der Waals surface area (Å²) in [5.41, 5.74) is 0. The van der Waals surface area contributed by atoms with E-state index in [0.29, 0.717) is 0 Å². The third kappa shape index (κ3) is 13.7. The van der Waals surface area contributed by atoms with Gasteiger partial charge in [0.05, 0.1) is 0 Å². The molecule has 0 bridgehead atoms. The van der Waals surface area contributed by atoms with Crippen molar-refractivity contribution < 1.29 is 0 Å². The van der Waals surface area contributed by atoms with Crippen LogP contribution in [0.15, 0.2) is 0 Å². The van der Waals surface area contributed by atoms with Gasteiger partial charge in [-0.1, -0.05) is 182 Å². The first-order chi connectivity index (χ1) is 17.7. The van der Waals surface area contributed by atoms with Gasteiger partial charge < -0.3 is 0 Å². The van der Waals surface area contributed by atoms with Gasteiger partial charge in [-0.3, -0.25) is 0 Å². The summed E-state index contributed by atoms with van der Waals surface area (Å²) < 4.78 is 0. The van der Waals surface area contributed by atoms with Crippen molar-refractivity contribution in [1.82, 2.24) is 0 Å². The Bertz CT molecular complexity index is 424. The Morgan fingerprint density at radius 2 is 0.556 bits per heavy atom. The van der Waals surface area contributed by atoms with Gasteiger partial charge >= 0.3 is 0 Å². The molecule has 0 aromatic carbocycles. The van der Waals surface area contributed by atoms with Crippen LogP contribution in [0.4, 0.5) is 0 Å². The van der Waals surface area contributed by atoms with Crippen molar-refractivity contribution in [2.75, 3.05) is 0 Å². The lowest BCUT2D eigenvalue weighted by atomic mass is 9.69. The van der Waals surface area contributed by atoms with E-state index < -0.39 is 0 Å². The molecule has 0 aromatic heterocycles. The van der Waals surface area contributed by atoms with Crippen LogP contribution in [0.25, 0.3) is 0 Å². The van der Waals surface area contributed by atoms with Crippen molar-refractivity contribution in [3.05, 3.63) is 0 Å². The van der Waals surface area contributed by atoms with Crippen LogP contribution in [0.3, 0.4) is 0 Å². The second-order valence-corrected chi connectivity index (χ2v) is 13.7. The average Bonchev–Trinajstić information content (AvgIpc) is 2.80. The van der Waals surface area contributed by atoms with Crippen LogP contribution >= 0.6 is 0 Å². The Morgan fingerprint density at radius 3 is 0.917 bits per heavy atom. The van der Waals surface area contributed by atoms with E-state index in [1.165, 1.54) is 109 Å². The van der Waals surface area contributed by atoms with E-state index in [4.69, 9.17) is 0 Å². The minimum atomic E-state index is 0.992. The molecule has 0 aromatic rings. The lowest BCUT2D eigenvalue weighted by Crippen LogP contribution is -2.26. The molecule has 36 heavy (non-hydrogen) atoms. The van der Waals surface area contributed by atoms with E-state index in [1.807, 2.05) is 13.8 Å². The normalized spacial score (nSPS) is 31.2. The molecule has 0 N–H and O–H groups in total. The van der Waals surface area contributed by atoms with E-state index in [2.05, 4.69) is 13.8 Å². The Labute approximate surface area is 230 Å². The van der Waals surface area contributed by atoms with Crippen LogP contribution in [-0.2, 0) is 0 Å². The molecule has 0 heteroatoms. The zero-order chi connectivity index (χ0) is 25.8. The fourth-order valence-corrected chi connectivity index (χ4v) is 8.44. The highest BCUT2D eigenvalue weighted by atomic mass is 14.4. The molecule has 2 unspecified atom stereocenters. The van der Waals surface area contributed by atoms with Crippen molar-refractivity contribution in [1.29, 1.82) is 0 Å². The SMILES string of the molecule is CC.CC1CC(C2CCCCCCC2)CCCC(C2CCCCCCC2)C1.CC1CCCCCCC1. The highest BCUT2D eigenvalue weighted by Gasteiger charge is 2.30. The van der Waals surface area contributed by atoms with Gasteiger partial charge in [0.1, 0.15) is 0 Å². The Hall–Kier alpha value is 0. The van der Waals surface area contributed by atoms with Gasteiger partial charge in [-0.25, -0.2) is 0 Å². The van der Waals surface area contributed by atoms with E-state index in [0.717, 1.165) is 35.5 Å². The molecule has 214 valence electrons. The summed E-state index contributed by atoms with van der Waals surface area (Å²) in [4.78, 5) is 0. The second-order valence-electron chi connectivity index (χ2n) is 13.7. The van der Waals surface area contributed by atoms with Gasteiger partial charge in [0, 0.05) is 0 Å². The highest BCUT2D eigenvalue weighted by molar-refractivity contribution is 4.81. The molecule has 0 amide bonds. The summed E-state index contributed by atoms with van der Waals surface area (Å²) in [7, 11) is 0. The van der Waals surface area contributed by atoms with Crippen LogP contribution in [0.1, 0.15) is 195 Å². The predicted octanol–water partition coefficient (Wildman–Crippen LogP) is 12.9. The Kier molecular flexibility index (Phi) is 18.7. The first kappa shape index (κ1) is 32.2. The third-order valence-corrected chi connectivity index (χ3v) is 10.6. The molecule has 0 heterocycles. The van der Waals surface area contributed by atoms with Crippen molar-refractivity contribution >= 4 is 0 Å². The smallest absolute Gasteiger partial charge is 0.0383 e. The van der Waals surface area contributed by atoms with E-state index in [1.54, 1.807) is 57.8 Å². The molecule has 0 nitrogen and oxygen atoms in total. The molecule has 4 aliphatic rings. The first-order valence-corrected chi connectivity index (χ1v) is 17.7. The summed E-state index contributed by atoms with van der Waals surface area (Å²) in [6.07, 6.45) is 39.7. The number of hydrogen-bond donors (Lipinski definition) is 0. The Morgan fingerprint density at radius 1 is 0.278 bits per heavy atom. The average molecular weight is 503 g/mol. The van der Waals surface area contributed by atoms with Gasteiger partial charge in [0.2, 0.25) is 0 Å². The van der Waals surface area contributed by atoms with Crippen LogP contribution in [-0.4, -0.2) is 0 Å². The summed E-state index contributed by atoms with van der Waals surface area (Å²) >= 11 is 0. The maximum atomic E-state index is 2.61. The molecule has 4 fully saturated rings. The number of hydrogen-bond acceptors (Lipinski definition) is 0. The summed E-state index contributed by atoms with van der Waals surface area (Å²) in [5.74, 6) is 6.33. The monoisotopic (exact) mass is 503 g/mol. The van der Waals surface area contributed by atoms with Gasteiger partial charge in [0.15, 0.2) is 0 Å². The minimum Gasteiger partial charge on any atom is -0.0683 e. The summed E-state index contributed by atoms with van der Waals surface area (Å²) in [6, 6.07) is 0. The van der Waals surface area contributed by atoms with Gasteiger partial charge in [-0.15, -0.1) is 0 Å². The number of rotatable bonds is 2. The molecule has 4 saturated carbocycles. The lowest BCUT2D eigenvalue weighted by molar-refractivity contribution is 0.142. The fraction of sp³-hybridized carbons (Fsp3) is 1.00. The zero-order valence-corrected chi connectivity index (χ0v) is 25.8. The molecular weight excluding hydrogens is 432 g/mol. The minimum absolute atomic E-state index is 0.992. The zero-order valence-electron chi connectivity index (χ0n) is 25.8. The van der Waals surface area contributed by atoms with Gasteiger partial charge in [-0.2, -0.15) is 0 Å². The van der Waals surface area contributed by atoms with Crippen molar-refractivity contribution in [3.63, 3.8) is 0 Å². The second kappa shape index (κ2) is 20.9. The molecule has 0 radical (unpaired) electrons. The molecule has 0 spiro atoms. The van der Waals surface area contributed by atoms with Gasteiger partial charge in [0.25, 0.3) is 0 Å². The lowest BCUT2D eigenvalue weighted by Gasteiger charge is -2.37. The quantitative estimate of drug-likeness (QED) is 0.352. The van der Waals surface area contributed by atoms with Crippen molar-refractivity contribution in [2.45, 2.75) is 195 Å².